The normalized spacial score (nSPS) is 10.6. The average Bonchev–Trinajstić information content (AvgIpc) is 2.88. The van der Waals surface area contributed by atoms with Gasteiger partial charge in [-0.1, -0.05) is 26.0 Å². The molecule has 5 nitrogen and oxygen atoms in total. The van der Waals surface area contributed by atoms with E-state index in [2.05, 4.69) is 30.4 Å². The fraction of sp³-hybridized carbons (Fsp3) is 0.333. The van der Waals surface area contributed by atoms with Crippen molar-refractivity contribution in [3.8, 4) is 0 Å². The predicted octanol–water partition coefficient (Wildman–Crippen LogP) is 1.66. The molecule has 2 rings (SSSR count). The number of carbonyl (C=O) groups excluding carboxylic acids is 1. The van der Waals surface area contributed by atoms with Gasteiger partial charge in [0.25, 0.3) is 5.91 Å². The minimum atomic E-state index is -0.280. The Morgan fingerprint density at radius 3 is 2.75 bits per heavy atom. The van der Waals surface area contributed by atoms with E-state index in [0.29, 0.717) is 12.1 Å². The maximum absolute atomic E-state index is 11.5. The van der Waals surface area contributed by atoms with Crippen LogP contribution in [0.1, 0.15) is 41.2 Å². The minimum absolute atomic E-state index is 0.280. The van der Waals surface area contributed by atoms with E-state index in [9.17, 15) is 4.79 Å². The quantitative estimate of drug-likeness (QED) is 0.494. The molecule has 3 N–H and O–H groups in total. The van der Waals surface area contributed by atoms with Crippen molar-refractivity contribution in [1.29, 1.82) is 0 Å². The second-order valence-corrected chi connectivity index (χ2v) is 4.67. The monoisotopic (exact) mass is 272 g/mol. The molecule has 0 saturated heterocycles. The summed E-state index contributed by atoms with van der Waals surface area (Å²) in [5.74, 6) is 4.88. The third-order valence-corrected chi connectivity index (χ3v) is 3.29. The van der Waals surface area contributed by atoms with E-state index in [1.54, 1.807) is 6.07 Å². The highest BCUT2D eigenvalue weighted by atomic mass is 16.2. The van der Waals surface area contributed by atoms with Gasteiger partial charge in [0.1, 0.15) is 0 Å². The molecule has 2 aromatic rings. The molecule has 0 bridgehead atoms. The molecular weight excluding hydrogens is 252 g/mol. The van der Waals surface area contributed by atoms with E-state index in [-0.39, 0.29) is 5.91 Å². The Kier molecular flexibility index (Phi) is 4.53. The molecular formula is C15H20N4O. The number of aryl methyl sites for hydroxylation is 2. The number of nitrogens with zero attached hydrogens (tertiary/aromatic N) is 2. The van der Waals surface area contributed by atoms with Crippen molar-refractivity contribution in [3.63, 3.8) is 0 Å². The van der Waals surface area contributed by atoms with Gasteiger partial charge in [-0.25, -0.2) is 5.84 Å². The number of hydrazine groups is 1. The van der Waals surface area contributed by atoms with Gasteiger partial charge in [0.15, 0.2) is 0 Å². The Morgan fingerprint density at radius 2 is 2.10 bits per heavy atom. The van der Waals surface area contributed by atoms with Gasteiger partial charge in [-0.15, -0.1) is 0 Å². The Hall–Kier alpha value is -2.14. The highest BCUT2D eigenvalue weighted by Gasteiger charge is 2.08. The largest absolute Gasteiger partial charge is 0.290 e. The summed E-state index contributed by atoms with van der Waals surface area (Å²) in [6.07, 6.45) is 1.87. The molecule has 1 heterocycles. The smallest absolute Gasteiger partial charge is 0.265 e. The lowest BCUT2D eigenvalue weighted by Crippen LogP contribution is -2.30. The first kappa shape index (κ1) is 14.3. The summed E-state index contributed by atoms with van der Waals surface area (Å²) in [4.78, 5) is 11.5. The third-order valence-electron chi connectivity index (χ3n) is 3.29. The summed E-state index contributed by atoms with van der Waals surface area (Å²) in [6.45, 7) is 4.87. The molecule has 0 fully saturated rings. The molecule has 0 aliphatic heterocycles. The van der Waals surface area contributed by atoms with Crippen LogP contribution in [-0.4, -0.2) is 15.7 Å². The van der Waals surface area contributed by atoms with Crippen LogP contribution in [-0.2, 0) is 19.4 Å². The number of hydrogen-bond donors (Lipinski definition) is 2. The Morgan fingerprint density at radius 1 is 1.30 bits per heavy atom. The number of aromatic nitrogens is 2. The van der Waals surface area contributed by atoms with E-state index in [1.165, 1.54) is 5.69 Å². The zero-order chi connectivity index (χ0) is 14.5. The number of carbonyl (C=O) groups is 1. The molecule has 0 unspecified atom stereocenters. The molecule has 20 heavy (non-hydrogen) atoms. The second-order valence-electron chi connectivity index (χ2n) is 4.67. The minimum Gasteiger partial charge on any atom is -0.290 e. The van der Waals surface area contributed by atoms with Crippen molar-refractivity contribution in [1.82, 2.24) is 15.2 Å². The standard InChI is InChI=1S/C15H20N4O/c1-3-13-9-14(4-2)19(18-13)10-11-6-5-7-12(8-11)15(20)17-16/h5-9H,3-4,10,16H2,1-2H3,(H,17,20). The van der Waals surface area contributed by atoms with Gasteiger partial charge >= 0.3 is 0 Å². The predicted molar refractivity (Wildman–Crippen MR) is 78.2 cm³/mol. The molecule has 0 aliphatic carbocycles. The number of rotatable bonds is 5. The molecule has 1 aromatic carbocycles. The summed E-state index contributed by atoms with van der Waals surface area (Å²) in [5.41, 5.74) is 6.04. The van der Waals surface area contributed by atoms with Crippen LogP contribution in [0.5, 0.6) is 0 Å². The molecule has 0 aliphatic rings. The van der Waals surface area contributed by atoms with Crippen molar-refractivity contribution < 1.29 is 4.79 Å². The van der Waals surface area contributed by atoms with Crippen LogP contribution in [0.15, 0.2) is 30.3 Å². The zero-order valence-electron chi connectivity index (χ0n) is 11.9. The molecule has 1 amide bonds. The topological polar surface area (TPSA) is 72.9 Å². The van der Waals surface area contributed by atoms with Crippen LogP contribution in [0.2, 0.25) is 0 Å². The Labute approximate surface area is 118 Å². The molecule has 0 spiro atoms. The highest BCUT2D eigenvalue weighted by Crippen LogP contribution is 2.11. The van der Waals surface area contributed by atoms with Gasteiger partial charge in [0, 0.05) is 11.3 Å². The summed E-state index contributed by atoms with van der Waals surface area (Å²) < 4.78 is 2.00. The molecule has 0 radical (unpaired) electrons. The Balaban J connectivity index is 2.25. The van der Waals surface area contributed by atoms with E-state index < -0.39 is 0 Å². The summed E-state index contributed by atoms with van der Waals surface area (Å²) in [7, 11) is 0. The van der Waals surface area contributed by atoms with Crippen molar-refractivity contribution in [2.45, 2.75) is 33.2 Å². The van der Waals surface area contributed by atoms with Gasteiger partial charge in [-0.3, -0.25) is 14.9 Å². The fourth-order valence-corrected chi connectivity index (χ4v) is 2.18. The summed E-state index contributed by atoms with van der Waals surface area (Å²) >= 11 is 0. The average molecular weight is 272 g/mol. The van der Waals surface area contributed by atoms with Crippen LogP contribution in [0.3, 0.4) is 0 Å². The van der Waals surface area contributed by atoms with E-state index in [0.717, 1.165) is 24.1 Å². The first-order chi connectivity index (χ1) is 9.67. The van der Waals surface area contributed by atoms with E-state index in [4.69, 9.17) is 5.84 Å². The maximum Gasteiger partial charge on any atom is 0.265 e. The van der Waals surface area contributed by atoms with Gasteiger partial charge in [-0.2, -0.15) is 5.10 Å². The van der Waals surface area contributed by atoms with Crippen molar-refractivity contribution in [2.75, 3.05) is 0 Å². The lowest BCUT2D eigenvalue weighted by molar-refractivity contribution is 0.0953. The lowest BCUT2D eigenvalue weighted by atomic mass is 10.1. The zero-order valence-corrected chi connectivity index (χ0v) is 11.9. The lowest BCUT2D eigenvalue weighted by Gasteiger charge is -2.07. The Bertz CT molecular complexity index is 604. The van der Waals surface area contributed by atoms with Crippen molar-refractivity contribution >= 4 is 5.91 Å². The molecule has 1 aromatic heterocycles. The van der Waals surface area contributed by atoms with Crippen molar-refractivity contribution in [2.24, 2.45) is 5.84 Å². The van der Waals surface area contributed by atoms with Gasteiger partial charge in [-0.05, 0) is 36.6 Å². The maximum atomic E-state index is 11.5. The third kappa shape index (κ3) is 3.05. The SMILES string of the molecule is CCc1cc(CC)n(Cc2cccc(C(=O)NN)c2)n1. The van der Waals surface area contributed by atoms with Crippen LogP contribution in [0.25, 0.3) is 0 Å². The van der Waals surface area contributed by atoms with E-state index in [1.807, 2.05) is 22.9 Å². The fourth-order valence-electron chi connectivity index (χ4n) is 2.18. The molecule has 0 atom stereocenters. The van der Waals surface area contributed by atoms with Crippen LogP contribution >= 0.6 is 0 Å². The highest BCUT2D eigenvalue weighted by molar-refractivity contribution is 5.93. The van der Waals surface area contributed by atoms with Gasteiger partial charge in [0.05, 0.1) is 12.2 Å². The second kappa shape index (κ2) is 6.34. The number of amides is 1. The molecule has 5 heteroatoms. The van der Waals surface area contributed by atoms with Gasteiger partial charge in [0.2, 0.25) is 0 Å². The van der Waals surface area contributed by atoms with Crippen LogP contribution < -0.4 is 11.3 Å². The van der Waals surface area contributed by atoms with Crippen molar-refractivity contribution in [3.05, 3.63) is 52.8 Å². The first-order valence-corrected chi connectivity index (χ1v) is 6.83. The molecule has 0 saturated carbocycles. The van der Waals surface area contributed by atoms with Gasteiger partial charge < -0.3 is 0 Å². The summed E-state index contributed by atoms with van der Waals surface area (Å²) in [5, 5.41) is 4.58. The number of nitrogen functional groups attached to an aromatic ring is 1. The summed E-state index contributed by atoms with van der Waals surface area (Å²) in [6, 6.07) is 9.56. The van der Waals surface area contributed by atoms with Crippen LogP contribution in [0.4, 0.5) is 0 Å². The van der Waals surface area contributed by atoms with E-state index >= 15 is 0 Å². The number of hydrogen-bond acceptors (Lipinski definition) is 3. The number of nitrogens with one attached hydrogen (secondary N) is 1. The number of benzene rings is 1. The molecule has 106 valence electrons. The first-order valence-electron chi connectivity index (χ1n) is 6.83. The number of nitrogens with two attached hydrogens (primary N) is 1. The van der Waals surface area contributed by atoms with Crippen LogP contribution in [0, 0.1) is 0 Å².